The number of carbonyl (C=O) groups excluding carboxylic acids is 1. The zero-order valence-electron chi connectivity index (χ0n) is 13.9. The summed E-state index contributed by atoms with van der Waals surface area (Å²) >= 11 is 1.17. The highest BCUT2D eigenvalue weighted by Gasteiger charge is 2.24. The maximum absolute atomic E-state index is 12.4. The largest absolute Gasteiger partial charge is 0.298 e. The van der Waals surface area contributed by atoms with Gasteiger partial charge in [0.2, 0.25) is 0 Å². The Morgan fingerprint density at radius 1 is 1.07 bits per heavy atom. The van der Waals surface area contributed by atoms with E-state index < -0.39 is 27.1 Å². The summed E-state index contributed by atoms with van der Waals surface area (Å²) in [7, 11) is 0. The maximum atomic E-state index is 12.4. The molecule has 0 aliphatic rings. The molecule has 0 unspecified atom stereocenters. The number of nitrogens with zero attached hydrogens (tertiary/aromatic N) is 3. The lowest BCUT2D eigenvalue weighted by Crippen LogP contribution is -2.14. The third-order valence-corrected chi connectivity index (χ3v) is 4.46. The smallest absolute Gasteiger partial charge is 0.289 e. The fourth-order valence-electron chi connectivity index (χ4n) is 2.33. The van der Waals surface area contributed by atoms with Crippen molar-refractivity contribution >= 4 is 33.8 Å². The Hall–Kier alpha value is -3.66. The van der Waals surface area contributed by atoms with Crippen LogP contribution < -0.4 is 5.32 Å². The molecule has 0 saturated carbocycles. The lowest BCUT2D eigenvalue weighted by atomic mass is 10.1. The van der Waals surface area contributed by atoms with Gasteiger partial charge in [0.25, 0.3) is 17.3 Å². The van der Waals surface area contributed by atoms with Crippen LogP contribution in [0.15, 0.2) is 47.8 Å². The second-order valence-corrected chi connectivity index (χ2v) is 6.43. The van der Waals surface area contributed by atoms with Gasteiger partial charge in [-0.15, -0.1) is 11.3 Å². The van der Waals surface area contributed by atoms with Gasteiger partial charge in [0.15, 0.2) is 5.13 Å². The van der Waals surface area contributed by atoms with Crippen molar-refractivity contribution in [2.24, 2.45) is 0 Å². The molecule has 3 aromatic rings. The number of nitrogens with one attached hydrogen (secondary N) is 1. The summed E-state index contributed by atoms with van der Waals surface area (Å²) in [4.78, 5) is 37.0. The molecule has 1 heterocycles. The van der Waals surface area contributed by atoms with Gasteiger partial charge < -0.3 is 0 Å². The highest BCUT2D eigenvalue weighted by molar-refractivity contribution is 7.14. The fourth-order valence-corrected chi connectivity index (χ4v) is 3.04. The van der Waals surface area contributed by atoms with Crippen molar-refractivity contribution in [3.63, 3.8) is 0 Å². The summed E-state index contributed by atoms with van der Waals surface area (Å²) in [6.45, 7) is 1.97. The van der Waals surface area contributed by atoms with Crippen LogP contribution in [0.2, 0.25) is 0 Å². The predicted octanol–water partition coefficient (Wildman–Crippen LogP) is 4.19. The minimum atomic E-state index is -0.832. The van der Waals surface area contributed by atoms with Crippen LogP contribution in [0.3, 0.4) is 0 Å². The van der Waals surface area contributed by atoms with Crippen LogP contribution in [0.1, 0.15) is 15.9 Å². The minimum absolute atomic E-state index is 0.267. The van der Waals surface area contributed by atoms with Gasteiger partial charge in [-0.2, -0.15) is 0 Å². The van der Waals surface area contributed by atoms with Crippen molar-refractivity contribution in [2.45, 2.75) is 6.92 Å². The minimum Gasteiger partial charge on any atom is -0.298 e. The van der Waals surface area contributed by atoms with E-state index in [1.165, 1.54) is 11.3 Å². The van der Waals surface area contributed by atoms with E-state index in [1.807, 2.05) is 31.2 Å². The second kappa shape index (κ2) is 7.30. The molecule has 9 nitrogen and oxygen atoms in total. The molecule has 0 saturated heterocycles. The topological polar surface area (TPSA) is 128 Å². The van der Waals surface area contributed by atoms with Crippen molar-refractivity contribution in [1.82, 2.24) is 4.98 Å². The molecule has 0 spiro atoms. The molecule has 136 valence electrons. The van der Waals surface area contributed by atoms with Crippen LogP contribution in [0.4, 0.5) is 16.5 Å². The number of aromatic nitrogens is 1. The first-order chi connectivity index (χ1) is 12.8. The van der Waals surface area contributed by atoms with E-state index in [1.54, 1.807) is 5.38 Å². The van der Waals surface area contributed by atoms with Crippen molar-refractivity contribution in [3.05, 3.63) is 79.2 Å². The zero-order chi connectivity index (χ0) is 19.6. The summed E-state index contributed by atoms with van der Waals surface area (Å²) < 4.78 is 0. The molecule has 0 bridgehead atoms. The first-order valence-electron chi connectivity index (χ1n) is 7.62. The molecule has 1 N–H and O–H groups in total. The Labute approximate surface area is 156 Å². The van der Waals surface area contributed by atoms with E-state index in [4.69, 9.17) is 0 Å². The molecule has 0 radical (unpaired) electrons. The first kappa shape index (κ1) is 18.1. The predicted molar refractivity (Wildman–Crippen MR) is 100.0 cm³/mol. The molecule has 0 atom stereocenters. The monoisotopic (exact) mass is 384 g/mol. The summed E-state index contributed by atoms with van der Waals surface area (Å²) in [5.41, 5.74) is 1.25. The van der Waals surface area contributed by atoms with Gasteiger partial charge in [-0.25, -0.2) is 4.98 Å². The molecule has 0 aliphatic carbocycles. The number of anilines is 1. The molecule has 0 fully saturated rings. The summed E-state index contributed by atoms with van der Waals surface area (Å²) in [5.74, 6) is -0.763. The summed E-state index contributed by atoms with van der Waals surface area (Å²) in [6, 6.07) is 10.5. The van der Waals surface area contributed by atoms with E-state index in [-0.39, 0.29) is 10.7 Å². The van der Waals surface area contributed by atoms with Crippen molar-refractivity contribution in [2.75, 3.05) is 5.32 Å². The number of aryl methyl sites for hydroxylation is 1. The Kier molecular flexibility index (Phi) is 4.90. The third kappa shape index (κ3) is 3.96. The fraction of sp³-hybridized carbons (Fsp3) is 0.0588. The molecule has 3 rings (SSSR count). The molecule has 1 amide bonds. The molecule has 10 heteroatoms. The SMILES string of the molecule is Cc1ccc(-c2csc(NC(=O)c3ccc([N+](=O)[O-])cc3[N+](=O)[O-])n2)cc1. The van der Waals surface area contributed by atoms with Crippen LogP contribution in [-0.2, 0) is 0 Å². The van der Waals surface area contributed by atoms with Crippen LogP contribution in [-0.4, -0.2) is 20.7 Å². The lowest BCUT2D eigenvalue weighted by Gasteiger charge is -2.03. The van der Waals surface area contributed by atoms with Gasteiger partial charge in [-0.1, -0.05) is 29.8 Å². The Bertz CT molecular complexity index is 1050. The number of nitro groups is 2. The molecule has 27 heavy (non-hydrogen) atoms. The molecular weight excluding hydrogens is 372 g/mol. The number of rotatable bonds is 5. The molecule has 0 aliphatic heterocycles. The number of hydrogen-bond acceptors (Lipinski definition) is 7. The van der Waals surface area contributed by atoms with Crippen molar-refractivity contribution < 1.29 is 14.6 Å². The number of benzene rings is 2. The van der Waals surface area contributed by atoms with E-state index in [0.29, 0.717) is 5.69 Å². The quantitative estimate of drug-likeness (QED) is 0.519. The standard InChI is InChI=1S/C17H12N4O5S/c1-10-2-4-11(5-3-10)14-9-27-17(18-14)19-16(22)13-7-6-12(20(23)24)8-15(13)21(25)26/h2-9H,1H3,(H,18,19,22). The number of carbonyl (C=O) groups is 1. The van der Waals surface area contributed by atoms with Gasteiger partial charge in [0, 0.05) is 17.0 Å². The number of hydrogen-bond donors (Lipinski definition) is 1. The number of amides is 1. The average Bonchev–Trinajstić information content (AvgIpc) is 3.10. The van der Waals surface area contributed by atoms with E-state index in [9.17, 15) is 25.0 Å². The highest BCUT2D eigenvalue weighted by Crippen LogP contribution is 2.28. The molecule has 1 aromatic heterocycles. The van der Waals surface area contributed by atoms with Crippen LogP contribution in [0.5, 0.6) is 0 Å². The van der Waals surface area contributed by atoms with Crippen LogP contribution in [0.25, 0.3) is 11.3 Å². The summed E-state index contributed by atoms with van der Waals surface area (Å²) in [5, 5.41) is 26.5. The molecule has 2 aromatic carbocycles. The third-order valence-electron chi connectivity index (χ3n) is 3.71. The maximum Gasteiger partial charge on any atom is 0.289 e. The van der Waals surface area contributed by atoms with Crippen LogP contribution >= 0.6 is 11.3 Å². The van der Waals surface area contributed by atoms with Crippen molar-refractivity contribution in [1.29, 1.82) is 0 Å². The lowest BCUT2D eigenvalue weighted by molar-refractivity contribution is -0.394. The van der Waals surface area contributed by atoms with Gasteiger partial charge in [-0.3, -0.25) is 30.3 Å². The number of nitro benzene ring substituents is 2. The molecular formula is C17H12N4O5S. The van der Waals surface area contributed by atoms with Crippen LogP contribution in [0, 0.1) is 27.2 Å². The Balaban J connectivity index is 1.85. The van der Waals surface area contributed by atoms with Gasteiger partial charge in [0.05, 0.1) is 21.6 Å². The average molecular weight is 384 g/mol. The first-order valence-corrected chi connectivity index (χ1v) is 8.50. The van der Waals surface area contributed by atoms with E-state index in [0.717, 1.165) is 29.3 Å². The highest BCUT2D eigenvalue weighted by atomic mass is 32.1. The number of thiazole rings is 1. The van der Waals surface area contributed by atoms with Gasteiger partial charge in [0.1, 0.15) is 5.56 Å². The van der Waals surface area contributed by atoms with Crippen molar-refractivity contribution in [3.8, 4) is 11.3 Å². The van der Waals surface area contributed by atoms with Gasteiger partial charge in [-0.05, 0) is 13.0 Å². The second-order valence-electron chi connectivity index (χ2n) is 5.57. The zero-order valence-corrected chi connectivity index (χ0v) is 14.7. The Morgan fingerprint density at radius 3 is 2.41 bits per heavy atom. The summed E-state index contributed by atoms with van der Waals surface area (Å²) in [6.07, 6.45) is 0. The number of non-ortho nitro benzene ring substituents is 1. The van der Waals surface area contributed by atoms with Gasteiger partial charge >= 0.3 is 0 Å². The Morgan fingerprint density at radius 2 is 1.78 bits per heavy atom. The van der Waals surface area contributed by atoms with E-state index >= 15 is 0 Å². The van der Waals surface area contributed by atoms with E-state index in [2.05, 4.69) is 10.3 Å². The normalized spacial score (nSPS) is 10.4.